The number of carbonyl (C=O) groups is 1. The number of nitrogens with zero attached hydrogens (tertiary/aromatic N) is 1. The lowest BCUT2D eigenvalue weighted by molar-refractivity contribution is -0.274. The molecule has 0 bridgehead atoms. The molecule has 2 rings (SSSR count). The van der Waals surface area contributed by atoms with Gasteiger partial charge in [-0.1, -0.05) is 18.2 Å². The number of nitrogens with one attached hydrogen (secondary N) is 1. The summed E-state index contributed by atoms with van der Waals surface area (Å²) < 4.78 is 41.1. The van der Waals surface area contributed by atoms with Crippen molar-refractivity contribution in [1.29, 1.82) is 0 Å². The zero-order valence-corrected chi connectivity index (χ0v) is 13.7. The molecule has 1 aliphatic rings. The monoisotopic (exact) mass is 344 g/mol. The number of hydrogen-bond acceptors (Lipinski definition) is 3. The van der Waals surface area contributed by atoms with Gasteiger partial charge in [-0.25, -0.2) is 0 Å². The zero-order chi connectivity index (χ0) is 17.6. The first-order valence-electron chi connectivity index (χ1n) is 8.12. The standard InChI is InChI=1S/C17H23F3N2O2/c1-22-10-8-13(9-11-22)12-21-16(23)7-6-14-4-2-3-5-15(14)24-17(18,19)20/h2-5,13H,6-12H2,1H3,(H,21,23). The Morgan fingerprint density at radius 1 is 1.29 bits per heavy atom. The van der Waals surface area contributed by atoms with E-state index in [1.54, 1.807) is 12.1 Å². The normalized spacial score (nSPS) is 16.8. The van der Waals surface area contributed by atoms with Crippen LogP contribution < -0.4 is 10.1 Å². The molecule has 24 heavy (non-hydrogen) atoms. The van der Waals surface area contributed by atoms with E-state index < -0.39 is 6.36 Å². The molecule has 0 unspecified atom stereocenters. The van der Waals surface area contributed by atoms with Crippen molar-refractivity contribution in [2.45, 2.75) is 32.0 Å². The van der Waals surface area contributed by atoms with E-state index in [1.807, 2.05) is 0 Å². The Balaban J connectivity index is 1.77. The van der Waals surface area contributed by atoms with E-state index >= 15 is 0 Å². The summed E-state index contributed by atoms with van der Waals surface area (Å²) in [5.41, 5.74) is 0.379. The third-order valence-corrected chi connectivity index (χ3v) is 4.25. The summed E-state index contributed by atoms with van der Waals surface area (Å²) in [6.07, 6.45) is -2.26. The molecule has 1 fully saturated rings. The van der Waals surface area contributed by atoms with Crippen LogP contribution in [0.4, 0.5) is 13.2 Å². The summed E-state index contributed by atoms with van der Waals surface area (Å²) in [6, 6.07) is 5.92. The summed E-state index contributed by atoms with van der Waals surface area (Å²) in [7, 11) is 2.08. The largest absolute Gasteiger partial charge is 0.573 e. The predicted octanol–water partition coefficient (Wildman–Crippen LogP) is 2.98. The zero-order valence-electron chi connectivity index (χ0n) is 13.7. The van der Waals surface area contributed by atoms with Crippen molar-refractivity contribution in [2.75, 3.05) is 26.7 Å². The number of carbonyl (C=O) groups excluding carboxylic acids is 1. The van der Waals surface area contributed by atoms with Crippen LogP contribution in [-0.4, -0.2) is 43.9 Å². The Morgan fingerprint density at radius 3 is 2.62 bits per heavy atom. The molecule has 1 N–H and O–H groups in total. The van der Waals surface area contributed by atoms with Crippen molar-refractivity contribution in [3.05, 3.63) is 29.8 Å². The SMILES string of the molecule is CN1CCC(CNC(=O)CCc2ccccc2OC(F)(F)F)CC1. The van der Waals surface area contributed by atoms with Gasteiger partial charge in [0.1, 0.15) is 5.75 Å². The number of halogens is 3. The average Bonchev–Trinajstić information content (AvgIpc) is 2.52. The van der Waals surface area contributed by atoms with Gasteiger partial charge in [-0.2, -0.15) is 0 Å². The molecule has 1 saturated heterocycles. The molecule has 0 saturated carbocycles. The molecule has 1 aromatic carbocycles. The van der Waals surface area contributed by atoms with Crippen LogP contribution in [0.3, 0.4) is 0 Å². The fourth-order valence-corrected chi connectivity index (χ4v) is 2.80. The van der Waals surface area contributed by atoms with Crippen molar-refractivity contribution in [1.82, 2.24) is 10.2 Å². The minimum absolute atomic E-state index is 0.143. The third kappa shape index (κ3) is 6.39. The number of amides is 1. The molecule has 0 radical (unpaired) electrons. The molecule has 0 atom stereocenters. The maximum Gasteiger partial charge on any atom is 0.573 e. The first-order chi connectivity index (χ1) is 11.3. The summed E-state index contributed by atoms with van der Waals surface area (Å²) in [5, 5.41) is 2.88. The quantitative estimate of drug-likeness (QED) is 0.863. The number of para-hydroxylation sites is 1. The lowest BCUT2D eigenvalue weighted by Gasteiger charge is -2.28. The molecule has 1 aliphatic heterocycles. The molecular weight excluding hydrogens is 321 g/mol. The van der Waals surface area contributed by atoms with Crippen LogP contribution in [0, 0.1) is 5.92 Å². The molecular formula is C17H23F3N2O2. The van der Waals surface area contributed by atoms with Crippen LogP contribution in [0.25, 0.3) is 0 Å². The van der Waals surface area contributed by atoms with Gasteiger partial charge in [-0.3, -0.25) is 4.79 Å². The third-order valence-electron chi connectivity index (χ3n) is 4.25. The van der Waals surface area contributed by atoms with E-state index in [0.29, 0.717) is 18.0 Å². The first kappa shape index (κ1) is 18.6. The van der Waals surface area contributed by atoms with Crippen LogP contribution in [0.2, 0.25) is 0 Å². The highest BCUT2D eigenvalue weighted by atomic mass is 19.4. The van der Waals surface area contributed by atoms with Gasteiger partial charge in [0, 0.05) is 13.0 Å². The lowest BCUT2D eigenvalue weighted by Crippen LogP contribution is -2.36. The van der Waals surface area contributed by atoms with Gasteiger partial charge in [-0.05, 0) is 56.9 Å². The van der Waals surface area contributed by atoms with Crippen molar-refractivity contribution in [2.24, 2.45) is 5.92 Å². The smallest absolute Gasteiger partial charge is 0.406 e. The summed E-state index contributed by atoms with van der Waals surface area (Å²) in [5.74, 6) is 0.0925. The van der Waals surface area contributed by atoms with Gasteiger partial charge in [0.25, 0.3) is 0 Å². The molecule has 7 heteroatoms. The molecule has 1 aromatic rings. The van der Waals surface area contributed by atoms with Gasteiger partial charge in [0.15, 0.2) is 0 Å². The minimum Gasteiger partial charge on any atom is -0.406 e. The number of likely N-dealkylation sites (tertiary alicyclic amines) is 1. The van der Waals surface area contributed by atoms with Crippen molar-refractivity contribution < 1.29 is 22.7 Å². The van der Waals surface area contributed by atoms with Crippen LogP contribution in [0.1, 0.15) is 24.8 Å². The number of rotatable bonds is 6. The highest BCUT2D eigenvalue weighted by molar-refractivity contribution is 5.76. The Kier molecular flexibility index (Phi) is 6.48. The average molecular weight is 344 g/mol. The Bertz CT molecular complexity index is 541. The van der Waals surface area contributed by atoms with Crippen LogP contribution in [0.5, 0.6) is 5.75 Å². The Hall–Kier alpha value is -1.76. The lowest BCUT2D eigenvalue weighted by atomic mass is 9.97. The second kappa shape index (κ2) is 8.37. The highest BCUT2D eigenvalue weighted by Gasteiger charge is 2.32. The highest BCUT2D eigenvalue weighted by Crippen LogP contribution is 2.27. The summed E-state index contributed by atoms with van der Waals surface area (Å²) in [6.45, 7) is 2.69. The van der Waals surface area contributed by atoms with E-state index in [9.17, 15) is 18.0 Å². The van der Waals surface area contributed by atoms with E-state index in [-0.39, 0.29) is 24.5 Å². The predicted molar refractivity (Wildman–Crippen MR) is 84.7 cm³/mol. The number of piperidine rings is 1. The first-order valence-corrected chi connectivity index (χ1v) is 8.12. The second-order valence-electron chi connectivity index (χ2n) is 6.21. The van der Waals surface area contributed by atoms with E-state index in [0.717, 1.165) is 25.9 Å². The van der Waals surface area contributed by atoms with Crippen LogP contribution in [-0.2, 0) is 11.2 Å². The minimum atomic E-state index is -4.73. The number of hydrogen-bond donors (Lipinski definition) is 1. The fourth-order valence-electron chi connectivity index (χ4n) is 2.80. The molecule has 4 nitrogen and oxygen atoms in total. The maximum absolute atomic E-state index is 12.4. The number of benzene rings is 1. The summed E-state index contributed by atoms with van der Waals surface area (Å²) in [4.78, 5) is 14.2. The van der Waals surface area contributed by atoms with Gasteiger partial charge >= 0.3 is 6.36 Å². The molecule has 0 spiro atoms. The molecule has 134 valence electrons. The van der Waals surface area contributed by atoms with Gasteiger partial charge in [-0.15, -0.1) is 13.2 Å². The number of ether oxygens (including phenoxy) is 1. The second-order valence-corrected chi connectivity index (χ2v) is 6.21. The van der Waals surface area contributed by atoms with Gasteiger partial charge in [0.2, 0.25) is 5.91 Å². The number of aryl methyl sites for hydroxylation is 1. The van der Waals surface area contributed by atoms with Crippen molar-refractivity contribution >= 4 is 5.91 Å². The van der Waals surface area contributed by atoms with Gasteiger partial charge < -0.3 is 15.0 Å². The topological polar surface area (TPSA) is 41.6 Å². The van der Waals surface area contributed by atoms with E-state index in [1.165, 1.54) is 12.1 Å². The Labute approximate surface area is 140 Å². The van der Waals surface area contributed by atoms with Gasteiger partial charge in [0.05, 0.1) is 0 Å². The van der Waals surface area contributed by atoms with Crippen molar-refractivity contribution in [3.63, 3.8) is 0 Å². The summed E-state index contributed by atoms with van der Waals surface area (Å²) >= 11 is 0. The fraction of sp³-hybridized carbons (Fsp3) is 0.588. The van der Waals surface area contributed by atoms with Crippen molar-refractivity contribution in [3.8, 4) is 5.75 Å². The van der Waals surface area contributed by atoms with Crippen LogP contribution in [0.15, 0.2) is 24.3 Å². The molecule has 0 aliphatic carbocycles. The molecule has 0 aromatic heterocycles. The maximum atomic E-state index is 12.4. The molecule has 1 amide bonds. The van der Waals surface area contributed by atoms with E-state index in [2.05, 4.69) is 22.0 Å². The van der Waals surface area contributed by atoms with E-state index in [4.69, 9.17) is 0 Å². The van der Waals surface area contributed by atoms with Crippen LogP contribution >= 0.6 is 0 Å². The number of alkyl halides is 3. The molecule has 1 heterocycles. The Morgan fingerprint density at radius 2 is 1.96 bits per heavy atom.